The van der Waals surface area contributed by atoms with Gasteiger partial charge in [-0.2, -0.15) is 4.31 Å². The van der Waals surface area contributed by atoms with Crippen LogP contribution in [0, 0.1) is 5.82 Å². The first kappa shape index (κ1) is 18.0. The summed E-state index contributed by atoms with van der Waals surface area (Å²) in [7, 11) is -5.54. The van der Waals surface area contributed by atoms with Crippen molar-refractivity contribution in [2.45, 2.75) is 18.6 Å². The van der Waals surface area contributed by atoms with Crippen LogP contribution in [-0.4, -0.2) is 76.0 Å². The fraction of sp³-hybridized carbons (Fsp3) is 0.500. The summed E-state index contributed by atoms with van der Waals surface area (Å²) in [4.78, 5) is 3.95. The van der Waals surface area contributed by atoms with Crippen LogP contribution in [0.25, 0.3) is 5.52 Å². The Labute approximate surface area is 142 Å². The molecule has 136 valence electrons. The minimum absolute atomic E-state index is 0.0366. The number of sulfonamides is 1. The summed E-state index contributed by atoms with van der Waals surface area (Å²) < 4.78 is 53.0. The lowest BCUT2D eigenvalue weighted by Gasteiger charge is -2.33. The number of halogens is 2. The van der Waals surface area contributed by atoms with Crippen LogP contribution in [0.2, 0.25) is 0 Å². The van der Waals surface area contributed by atoms with Crippen molar-refractivity contribution in [3.8, 4) is 0 Å². The van der Waals surface area contributed by atoms with E-state index in [9.17, 15) is 27.2 Å². The molecular formula is C12H16BF2N5O4S. The molecule has 0 spiro atoms. The Morgan fingerprint density at radius 2 is 2.16 bits per heavy atom. The molecule has 1 aliphatic rings. The SMILES string of the molecule is CS(=O)(=O)N1CC[C@@H](Nc2ncc3cc(F)c(B(O)O)n3n2)[C@H](F)C1. The molecule has 2 aromatic rings. The van der Waals surface area contributed by atoms with Gasteiger partial charge in [-0.25, -0.2) is 26.7 Å². The molecule has 0 bridgehead atoms. The molecule has 9 nitrogen and oxygen atoms in total. The molecule has 2 aromatic heterocycles. The average Bonchev–Trinajstić information content (AvgIpc) is 2.83. The molecule has 3 rings (SSSR count). The summed E-state index contributed by atoms with van der Waals surface area (Å²) in [6.07, 6.45) is 0.994. The summed E-state index contributed by atoms with van der Waals surface area (Å²) in [5.41, 5.74) is -0.251. The highest BCUT2D eigenvalue weighted by molar-refractivity contribution is 7.88. The molecule has 1 saturated heterocycles. The number of aromatic nitrogens is 3. The monoisotopic (exact) mass is 375 g/mol. The largest absolute Gasteiger partial charge is 0.511 e. The van der Waals surface area contributed by atoms with E-state index in [0.29, 0.717) is 0 Å². The molecule has 1 fully saturated rings. The lowest BCUT2D eigenvalue weighted by atomic mass is 9.86. The lowest BCUT2D eigenvalue weighted by molar-refractivity contribution is 0.186. The molecular weight excluding hydrogens is 359 g/mol. The third-order valence-corrected chi connectivity index (χ3v) is 5.31. The van der Waals surface area contributed by atoms with Gasteiger partial charge in [-0.15, -0.1) is 5.10 Å². The van der Waals surface area contributed by atoms with Crippen molar-refractivity contribution in [2.24, 2.45) is 0 Å². The van der Waals surface area contributed by atoms with E-state index in [1.807, 2.05) is 0 Å². The van der Waals surface area contributed by atoms with Gasteiger partial charge in [0.25, 0.3) is 0 Å². The van der Waals surface area contributed by atoms with Crippen molar-refractivity contribution in [1.29, 1.82) is 0 Å². The Bertz CT molecular complexity index is 893. The van der Waals surface area contributed by atoms with Crippen molar-refractivity contribution < 1.29 is 27.2 Å². The Morgan fingerprint density at radius 3 is 2.76 bits per heavy atom. The lowest BCUT2D eigenvalue weighted by Crippen LogP contribution is -2.49. The van der Waals surface area contributed by atoms with Gasteiger partial charge >= 0.3 is 7.12 Å². The highest BCUT2D eigenvalue weighted by Crippen LogP contribution is 2.19. The van der Waals surface area contributed by atoms with E-state index in [1.165, 1.54) is 6.20 Å². The molecule has 2 atom stereocenters. The van der Waals surface area contributed by atoms with Crippen molar-refractivity contribution >= 4 is 34.2 Å². The van der Waals surface area contributed by atoms with E-state index in [2.05, 4.69) is 15.4 Å². The molecule has 25 heavy (non-hydrogen) atoms. The molecule has 1 aliphatic heterocycles. The predicted octanol–water partition coefficient (Wildman–Crippen LogP) is -1.67. The minimum Gasteiger partial charge on any atom is -0.422 e. The molecule has 13 heteroatoms. The van der Waals surface area contributed by atoms with Crippen LogP contribution in [0.4, 0.5) is 14.7 Å². The van der Waals surface area contributed by atoms with Crippen molar-refractivity contribution in [1.82, 2.24) is 18.9 Å². The molecule has 0 amide bonds. The average molecular weight is 375 g/mol. The van der Waals surface area contributed by atoms with Crippen molar-refractivity contribution in [3.05, 3.63) is 18.1 Å². The topological polar surface area (TPSA) is 120 Å². The quantitative estimate of drug-likeness (QED) is 0.547. The number of nitrogens with one attached hydrogen (secondary N) is 1. The van der Waals surface area contributed by atoms with Gasteiger partial charge in [0.15, 0.2) is 0 Å². The third-order valence-electron chi connectivity index (χ3n) is 4.04. The zero-order chi connectivity index (χ0) is 18.4. The normalized spacial score (nSPS) is 22.3. The van der Waals surface area contributed by atoms with Crippen LogP contribution in [0.1, 0.15) is 6.42 Å². The number of piperidine rings is 1. The summed E-state index contributed by atoms with van der Waals surface area (Å²) in [5.74, 6) is -0.892. The molecule has 0 unspecified atom stereocenters. The van der Waals surface area contributed by atoms with E-state index in [-0.39, 0.29) is 31.0 Å². The Kier molecular flexibility index (Phi) is 4.66. The number of alkyl halides is 1. The number of anilines is 1. The molecule has 0 saturated carbocycles. The number of hydrogen-bond donors (Lipinski definition) is 3. The molecule has 0 aromatic carbocycles. The van der Waals surface area contributed by atoms with Crippen molar-refractivity contribution in [2.75, 3.05) is 24.7 Å². The summed E-state index contributed by atoms with van der Waals surface area (Å²) in [6, 6.07) is 0.319. The molecule has 3 heterocycles. The second-order valence-electron chi connectivity index (χ2n) is 5.85. The Morgan fingerprint density at radius 1 is 1.44 bits per heavy atom. The fourth-order valence-corrected chi connectivity index (χ4v) is 3.61. The van der Waals surface area contributed by atoms with Gasteiger partial charge < -0.3 is 15.4 Å². The van der Waals surface area contributed by atoms with Gasteiger partial charge in [-0.1, -0.05) is 0 Å². The molecule has 3 N–H and O–H groups in total. The maximum Gasteiger partial charge on any atom is 0.511 e. The van der Waals surface area contributed by atoms with Crippen LogP contribution in [-0.2, 0) is 10.0 Å². The number of fused-ring (bicyclic) bond motifs is 1. The van der Waals surface area contributed by atoms with E-state index in [4.69, 9.17) is 0 Å². The number of hydrogen-bond acceptors (Lipinski definition) is 7. The van der Waals surface area contributed by atoms with E-state index < -0.39 is 40.8 Å². The van der Waals surface area contributed by atoms with Gasteiger partial charge in [0.1, 0.15) is 17.6 Å². The smallest absolute Gasteiger partial charge is 0.422 e. The second-order valence-corrected chi connectivity index (χ2v) is 7.83. The van der Waals surface area contributed by atoms with E-state index in [1.54, 1.807) is 0 Å². The number of rotatable bonds is 4. The predicted molar refractivity (Wildman–Crippen MR) is 86.1 cm³/mol. The minimum atomic E-state index is -3.46. The van der Waals surface area contributed by atoms with Crippen LogP contribution >= 0.6 is 0 Å². The first-order chi connectivity index (χ1) is 11.7. The standard InChI is InChI=1S/C12H16BF2N5O4S/c1-25(23,24)19-3-2-10(9(15)6-19)17-12-16-5-7-4-8(14)11(13(21)22)20(7)18-12/h4-5,9-10,21-22H,2-3,6H2,1H3,(H,17,18)/t9-,10-/m1/s1. The Hall–Kier alpha value is -1.83. The van der Waals surface area contributed by atoms with Gasteiger partial charge in [0.2, 0.25) is 16.0 Å². The highest BCUT2D eigenvalue weighted by Gasteiger charge is 2.33. The summed E-state index contributed by atoms with van der Waals surface area (Å²) in [5, 5.41) is 25.2. The molecule has 0 aliphatic carbocycles. The van der Waals surface area contributed by atoms with Gasteiger partial charge in [-0.3, -0.25) is 0 Å². The van der Waals surface area contributed by atoms with Gasteiger partial charge in [0, 0.05) is 19.2 Å². The van der Waals surface area contributed by atoms with Gasteiger partial charge in [0.05, 0.1) is 24.0 Å². The first-order valence-corrected chi connectivity index (χ1v) is 9.27. The maximum absolute atomic E-state index is 14.3. The highest BCUT2D eigenvalue weighted by atomic mass is 32.2. The second kappa shape index (κ2) is 6.48. The number of nitrogens with zero attached hydrogens (tertiary/aromatic N) is 4. The summed E-state index contributed by atoms with van der Waals surface area (Å²) >= 11 is 0. The first-order valence-electron chi connectivity index (χ1n) is 7.43. The van der Waals surface area contributed by atoms with E-state index in [0.717, 1.165) is 21.1 Å². The third kappa shape index (κ3) is 3.59. The van der Waals surface area contributed by atoms with Crippen molar-refractivity contribution in [3.63, 3.8) is 0 Å². The van der Waals surface area contributed by atoms with Crippen LogP contribution in [0.3, 0.4) is 0 Å². The fourth-order valence-electron chi connectivity index (χ4n) is 2.76. The van der Waals surface area contributed by atoms with Crippen LogP contribution < -0.4 is 10.9 Å². The van der Waals surface area contributed by atoms with Crippen LogP contribution in [0.15, 0.2) is 12.3 Å². The molecule has 0 radical (unpaired) electrons. The zero-order valence-electron chi connectivity index (χ0n) is 13.2. The maximum atomic E-state index is 14.3. The zero-order valence-corrected chi connectivity index (χ0v) is 14.0. The Balaban J connectivity index is 1.81. The van der Waals surface area contributed by atoms with Gasteiger partial charge in [-0.05, 0) is 6.42 Å². The van der Waals surface area contributed by atoms with E-state index >= 15 is 0 Å². The van der Waals surface area contributed by atoms with Crippen LogP contribution in [0.5, 0.6) is 0 Å². The summed E-state index contributed by atoms with van der Waals surface area (Å²) in [6.45, 7) is -0.130.